The zero-order chi connectivity index (χ0) is 83.8. The number of amides is 2. The van der Waals surface area contributed by atoms with Gasteiger partial charge in [0.05, 0.1) is 79.3 Å². The van der Waals surface area contributed by atoms with Gasteiger partial charge in [0.15, 0.2) is 0 Å². The number of allylic oxidation sites excluding steroid dienone is 2. The fourth-order valence-corrected chi connectivity index (χ4v) is 46.0. The molecule has 676 valence electrons. The second-order valence-corrected chi connectivity index (χ2v) is 58.9. The minimum Gasteiger partial charge on any atom is -0.355 e. The molecule has 0 unspecified atom stereocenters. The van der Waals surface area contributed by atoms with Gasteiger partial charge in [-0.2, -0.15) is 0 Å². The molecule has 26 heteroatoms. The van der Waals surface area contributed by atoms with Crippen molar-refractivity contribution >= 4 is 271 Å². The van der Waals surface area contributed by atoms with Crippen LogP contribution in [0.2, 0.25) is 0 Å². The highest BCUT2D eigenvalue weighted by Gasteiger charge is 2.34. The second kappa shape index (κ2) is 75.7. The molecule has 0 bridgehead atoms. The van der Waals surface area contributed by atoms with E-state index in [-0.39, 0.29) is 11.8 Å². The molecular formula is C92H154N2O2S22. The van der Waals surface area contributed by atoms with Gasteiger partial charge in [-0.3, -0.25) is 9.59 Å². The number of rotatable bonds is 78. The molecule has 0 aromatic heterocycles. The van der Waals surface area contributed by atoms with E-state index < -0.39 is 0 Å². The third-order valence-electron chi connectivity index (χ3n) is 20.4. The van der Waals surface area contributed by atoms with E-state index in [9.17, 15) is 9.59 Å². The van der Waals surface area contributed by atoms with E-state index in [1.165, 1.54) is 403 Å². The Bertz CT molecular complexity index is 2800. The first-order valence-electron chi connectivity index (χ1n) is 46.6. The molecule has 0 fully saturated rings. The van der Waals surface area contributed by atoms with Crippen molar-refractivity contribution in [2.75, 3.05) is 70.6 Å². The summed E-state index contributed by atoms with van der Waals surface area (Å²) in [7, 11) is 0. The lowest BCUT2D eigenvalue weighted by atomic mass is 10.1. The van der Waals surface area contributed by atoms with Crippen molar-refractivity contribution < 1.29 is 9.59 Å². The Morgan fingerprint density at radius 1 is 0.195 bits per heavy atom. The van der Waals surface area contributed by atoms with Crippen molar-refractivity contribution in [2.24, 2.45) is 0 Å². The Morgan fingerprint density at radius 3 is 0.551 bits per heavy atom. The van der Waals surface area contributed by atoms with Crippen LogP contribution in [0.15, 0.2) is 77.6 Å². The number of nitrogens with one attached hydrogen (secondary N) is 2. The van der Waals surface area contributed by atoms with Crippen molar-refractivity contribution in [3.8, 4) is 0 Å². The van der Waals surface area contributed by atoms with Gasteiger partial charge in [-0.15, -0.1) is 118 Å². The summed E-state index contributed by atoms with van der Waals surface area (Å²) < 4.78 is 23.2. The molecule has 6 aliphatic rings. The summed E-state index contributed by atoms with van der Waals surface area (Å²) in [5.74, 6) is 10.4. The minimum atomic E-state index is 0.101. The Kier molecular flexibility index (Phi) is 71.2. The van der Waals surface area contributed by atoms with Crippen LogP contribution in [0.3, 0.4) is 0 Å². The number of carbonyl (C=O) groups is 2. The van der Waals surface area contributed by atoms with Gasteiger partial charge in [-0.05, 0) is 124 Å². The quantitative estimate of drug-likeness (QED) is 0.0568. The average molecular weight is 2030 g/mol. The predicted molar refractivity (Wildman–Crippen MR) is 590 cm³/mol. The summed E-state index contributed by atoms with van der Waals surface area (Å²) in [4.78, 5) is 30.5. The monoisotopic (exact) mass is 2020 g/mol. The van der Waals surface area contributed by atoms with Crippen LogP contribution in [0.5, 0.6) is 0 Å². The zero-order valence-electron chi connectivity index (χ0n) is 74.1. The highest BCUT2D eigenvalue weighted by molar-refractivity contribution is 8.46. The first kappa shape index (κ1) is 111. The van der Waals surface area contributed by atoms with E-state index >= 15 is 0 Å². The fourth-order valence-electron chi connectivity index (χ4n) is 13.3. The molecule has 0 saturated heterocycles. The molecule has 0 spiro atoms. The number of carbonyl (C=O) groups excluding carboxylic acids is 2. The number of hydrogen-bond donors (Lipinski definition) is 2. The van der Waals surface area contributed by atoms with Crippen molar-refractivity contribution in [1.29, 1.82) is 0 Å². The molecule has 0 saturated carbocycles. The third kappa shape index (κ3) is 51.5. The molecule has 0 aliphatic carbocycles. The van der Waals surface area contributed by atoms with Crippen LogP contribution in [0.4, 0.5) is 0 Å². The SMILES string of the molecule is CCCCCCCCCCSC1=C(SCCCCCCCCCC)SC(=C2SC(C)=C(SCCCCNC(=O)CSC3=C(SCC(=O)NCCCCSC4=C(C)SC(=C5SC(SCCCCCCCCCC)=C(SCCCCCCCCCC)S5)S4)SC(=C4SC(SCCCCCCCCCC)=C(SCCCCCCCCCC)S4)S3)S2)S1. The zero-order valence-corrected chi connectivity index (χ0v) is 92.0. The largest absolute Gasteiger partial charge is 0.355 e. The summed E-state index contributed by atoms with van der Waals surface area (Å²) in [6, 6.07) is 0. The lowest BCUT2D eigenvalue weighted by Gasteiger charge is -2.08. The fraction of sp³-hybridized carbons (Fsp3) is 0.783. The maximum absolute atomic E-state index is 13.8. The minimum absolute atomic E-state index is 0.101. The number of unbranched alkanes of at least 4 members (excludes halogenated alkanes) is 44. The van der Waals surface area contributed by atoms with Crippen molar-refractivity contribution in [3.05, 3.63) is 77.6 Å². The van der Waals surface area contributed by atoms with Crippen LogP contribution in [0.1, 0.15) is 389 Å². The molecule has 0 aromatic rings. The van der Waals surface area contributed by atoms with Gasteiger partial charge in [0, 0.05) is 22.9 Å². The van der Waals surface area contributed by atoms with Crippen molar-refractivity contribution in [1.82, 2.24) is 10.6 Å². The van der Waals surface area contributed by atoms with E-state index in [0.717, 1.165) is 37.2 Å². The molecule has 4 nitrogen and oxygen atoms in total. The van der Waals surface area contributed by atoms with Crippen molar-refractivity contribution in [2.45, 2.75) is 389 Å². The second-order valence-electron chi connectivity index (χ2n) is 31.3. The Hall–Kier alpha value is 4.30. The van der Waals surface area contributed by atoms with Crippen LogP contribution >= 0.6 is 259 Å². The molecule has 6 rings (SSSR count). The van der Waals surface area contributed by atoms with Gasteiger partial charge in [-0.1, -0.05) is 452 Å². The molecule has 118 heavy (non-hydrogen) atoms. The number of hydrogen-bond acceptors (Lipinski definition) is 24. The van der Waals surface area contributed by atoms with Gasteiger partial charge in [0.25, 0.3) is 0 Å². The Morgan fingerprint density at radius 2 is 0.347 bits per heavy atom. The Balaban J connectivity index is 0.983. The lowest BCUT2D eigenvalue weighted by molar-refractivity contribution is -0.119. The van der Waals surface area contributed by atoms with Gasteiger partial charge < -0.3 is 10.6 Å². The van der Waals surface area contributed by atoms with E-state index in [1.807, 2.05) is 118 Å². The van der Waals surface area contributed by atoms with Gasteiger partial charge in [0.1, 0.15) is 0 Å². The van der Waals surface area contributed by atoms with E-state index in [2.05, 4.69) is 184 Å². The molecule has 2 amide bonds. The highest BCUT2D eigenvalue weighted by atomic mass is 32.3. The first-order chi connectivity index (χ1) is 58.1. The van der Waals surface area contributed by atoms with Crippen LogP contribution in [0, 0.1) is 0 Å². The maximum atomic E-state index is 13.8. The van der Waals surface area contributed by atoms with Crippen LogP contribution in [-0.2, 0) is 9.59 Å². The average Bonchev–Trinajstić information content (AvgIpc) is 1.68. The summed E-state index contributed by atoms with van der Waals surface area (Å²) in [5, 5.41) is 6.65. The summed E-state index contributed by atoms with van der Waals surface area (Å²) in [6.07, 6.45) is 69.7. The third-order valence-corrected chi connectivity index (χ3v) is 53.0. The molecule has 0 radical (unpaired) electrons. The normalized spacial score (nSPS) is 16.1. The Labute approximate surface area is 818 Å². The predicted octanol–water partition coefficient (Wildman–Crippen LogP) is 40.1. The van der Waals surface area contributed by atoms with Gasteiger partial charge in [0.2, 0.25) is 11.8 Å². The molecule has 0 atom stereocenters. The highest BCUT2D eigenvalue weighted by Crippen LogP contribution is 2.69. The molecule has 6 heterocycles. The summed E-state index contributed by atoms with van der Waals surface area (Å²) >= 11 is 44.2. The van der Waals surface area contributed by atoms with Crippen LogP contribution in [-0.4, -0.2) is 82.4 Å². The topological polar surface area (TPSA) is 58.2 Å². The smallest absolute Gasteiger partial charge is 0.230 e. The molecular weight excluding hydrogens is 1870 g/mol. The number of thioether (sulfide) groups is 22. The first-order valence-corrected chi connectivity index (χ1v) is 66.3. The maximum Gasteiger partial charge on any atom is 0.230 e. The standard InChI is InChI=1S/C92H154N2O2S22/c1-9-15-21-27-33-39-45-53-63-99-79-80(100-64-54-46-40-34-28-22-16-10-2)112-89(111-79)87-107-73(7)77(109-87)97-69-59-51-61-93-75(95)71-105-85-86(118-92(117-85)91-115-83(103-67-57-49-43-37-31-25-19-13-5)84(116-91)104-68-58-50-44-38-32-26-20-14-6)106-72-76(96)94-62-52-60-70-98-78-74(8)108-88(110-78)90-113-81(101-65-55-47-41-35-29-23-17-11-3)82(114-90)102-66-56-48-42-36-30-24-18-12-4/h9-72H2,1-8H3,(H,93,95)(H,94,96). The van der Waals surface area contributed by atoms with E-state index in [4.69, 9.17) is 0 Å². The van der Waals surface area contributed by atoms with E-state index in [1.54, 1.807) is 40.5 Å². The van der Waals surface area contributed by atoms with Crippen LogP contribution < -0.4 is 10.6 Å². The summed E-state index contributed by atoms with van der Waals surface area (Å²) in [5.41, 5.74) is 0. The van der Waals surface area contributed by atoms with Gasteiger partial charge >= 0.3 is 0 Å². The van der Waals surface area contributed by atoms with E-state index in [0.29, 0.717) is 24.6 Å². The molecule has 0 aromatic carbocycles. The molecule has 2 N–H and O–H groups in total. The molecule has 6 aliphatic heterocycles. The van der Waals surface area contributed by atoms with Crippen LogP contribution in [0.25, 0.3) is 0 Å². The van der Waals surface area contributed by atoms with Crippen molar-refractivity contribution in [3.63, 3.8) is 0 Å². The summed E-state index contributed by atoms with van der Waals surface area (Å²) in [6.45, 7) is 19.9. The van der Waals surface area contributed by atoms with Gasteiger partial charge in [-0.25, -0.2) is 0 Å². The lowest BCUT2D eigenvalue weighted by Crippen LogP contribution is -2.26.